The summed E-state index contributed by atoms with van der Waals surface area (Å²) < 4.78 is 18.3. The van der Waals surface area contributed by atoms with Crippen LogP contribution in [0.3, 0.4) is 0 Å². The molecule has 0 unspecified atom stereocenters. The lowest BCUT2D eigenvalue weighted by molar-refractivity contribution is -0.117. The Morgan fingerprint density at radius 2 is 1.88 bits per heavy atom. The van der Waals surface area contributed by atoms with Gasteiger partial charge < -0.3 is 20.1 Å². The van der Waals surface area contributed by atoms with E-state index >= 15 is 0 Å². The third kappa shape index (κ3) is 3.97. The predicted octanol–water partition coefficient (Wildman–Crippen LogP) is 1.60. The fourth-order valence-corrected chi connectivity index (χ4v) is 2.52. The quantitative estimate of drug-likeness (QED) is 0.394. The van der Waals surface area contributed by atoms with E-state index in [4.69, 9.17) is 9.84 Å². The maximum absolute atomic E-state index is 13.3. The molecule has 0 bridgehead atoms. The summed E-state index contributed by atoms with van der Waals surface area (Å²) in [5, 5.41) is 11.0. The van der Waals surface area contributed by atoms with Crippen molar-refractivity contribution in [3.05, 3.63) is 47.0 Å². The number of aromatic amines is 1. The number of carbonyl (C=O) groups is 3. The highest BCUT2D eigenvalue weighted by molar-refractivity contribution is 6.43. The number of halogens is 1. The van der Waals surface area contributed by atoms with Crippen LogP contribution in [0.4, 0.5) is 4.39 Å². The predicted molar refractivity (Wildman–Crippen MR) is 91.3 cm³/mol. The van der Waals surface area contributed by atoms with E-state index in [1.807, 2.05) is 0 Å². The first-order chi connectivity index (χ1) is 12.4. The number of ketones is 1. The summed E-state index contributed by atoms with van der Waals surface area (Å²) in [4.78, 5) is 39.6. The minimum atomic E-state index is -0.931. The number of rotatable bonds is 7. The van der Waals surface area contributed by atoms with Gasteiger partial charge in [-0.15, -0.1) is 0 Å². The normalized spacial score (nSPS) is 10.5. The van der Waals surface area contributed by atoms with E-state index in [9.17, 15) is 18.8 Å². The summed E-state index contributed by atoms with van der Waals surface area (Å²) in [6.07, 6.45) is 0. The Kier molecular flexibility index (Phi) is 6.24. The van der Waals surface area contributed by atoms with E-state index in [0.29, 0.717) is 11.3 Å². The summed E-state index contributed by atoms with van der Waals surface area (Å²) in [7, 11) is 0. The van der Waals surface area contributed by atoms with Crippen LogP contribution in [0.2, 0.25) is 0 Å². The van der Waals surface area contributed by atoms with Crippen molar-refractivity contribution in [2.24, 2.45) is 0 Å². The fourth-order valence-electron chi connectivity index (χ4n) is 2.52. The summed E-state index contributed by atoms with van der Waals surface area (Å²) in [6, 6.07) is 5.19. The first-order valence-corrected chi connectivity index (χ1v) is 7.99. The van der Waals surface area contributed by atoms with Gasteiger partial charge in [0.05, 0.1) is 18.8 Å². The molecule has 0 aliphatic heterocycles. The molecule has 1 aromatic heterocycles. The average molecular weight is 362 g/mol. The molecule has 0 aliphatic rings. The number of aliphatic hydroxyl groups is 1. The van der Waals surface area contributed by atoms with Crippen LogP contribution >= 0.6 is 0 Å². The molecule has 2 aromatic rings. The molecule has 0 saturated carbocycles. The van der Waals surface area contributed by atoms with Gasteiger partial charge in [0.25, 0.3) is 11.7 Å². The second-order valence-electron chi connectivity index (χ2n) is 5.41. The number of H-pyrrole nitrogens is 1. The van der Waals surface area contributed by atoms with Crippen LogP contribution < -0.4 is 5.32 Å². The highest BCUT2D eigenvalue weighted by Crippen LogP contribution is 2.31. The molecule has 7 nitrogen and oxygen atoms in total. The molecule has 1 amide bonds. The summed E-state index contributed by atoms with van der Waals surface area (Å²) >= 11 is 0. The minimum Gasteiger partial charge on any atom is -0.462 e. The standard InChI is InChI=1S/C18H19FN2O5/c1-3-26-18(25)13-10(2)21-15(16(23)17(24)20-8-9-22)14(13)11-4-6-12(19)7-5-11/h4-7,21-22H,3,8-9H2,1-2H3,(H,20,24). The minimum absolute atomic E-state index is 0.0825. The van der Waals surface area contributed by atoms with Crippen LogP contribution in [-0.2, 0) is 9.53 Å². The lowest BCUT2D eigenvalue weighted by Gasteiger charge is -2.08. The molecule has 1 aromatic carbocycles. The number of ether oxygens (including phenoxy) is 1. The zero-order chi connectivity index (χ0) is 19.3. The number of hydrogen-bond donors (Lipinski definition) is 3. The van der Waals surface area contributed by atoms with E-state index in [-0.39, 0.29) is 36.6 Å². The molecule has 0 atom stereocenters. The largest absolute Gasteiger partial charge is 0.462 e. The van der Waals surface area contributed by atoms with Crippen molar-refractivity contribution in [1.29, 1.82) is 0 Å². The SMILES string of the molecule is CCOC(=O)c1c(C)[nH]c(C(=O)C(=O)NCCO)c1-c1ccc(F)cc1. The number of Topliss-reactive ketones (excluding diaryl/α,β-unsaturated/α-hetero) is 1. The summed E-state index contributed by atoms with van der Waals surface area (Å²) in [5.41, 5.74) is 0.910. The lowest BCUT2D eigenvalue weighted by Crippen LogP contribution is -2.33. The van der Waals surface area contributed by atoms with Gasteiger partial charge >= 0.3 is 5.97 Å². The van der Waals surface area contributed by atoms with Gasteiger partial charge in [0.2, 0.25) is 0 Å². The number of aliphatic hydroxyl groups excluding tert-OH is 1. The molecule has 138 valence electrons. The Labute approximate surface area is 149 Å². The van der Waals surface area contributed by atoms with Crippen LogP contribution in [0.1, 0.15) is 33.5 Å². The number of benzene rings is 1. The number of esters is 1. The van der Waals surface area contributed by atoms with Gasteiger partial charge in [-0.3, -0.25) is 9.59 Å². The second-order valence-corrected chi connectivity index (χ2v) is 5.41. The number of carbonyl (C=O) groups excluding carboxylic acids is 3. The molecular weight excluding hydrogens is 343 g/mol. The van der Waals surface area contributed by atoms with E-state index in [2.05, 4.69) is 10.3 Å². The molecule has 3 N–H and O–H groups in total. The number of hydrogen-bond acceptors (Lipinski definition) is 5. The molecule has 8 heteroatoms. The summed E-state index contributed by atoms with van der Waals surface area (Å²) in [6.45, 7) is 2.95. The van der Waals surface area contributed by atoms with E-state index in [1.54, 1.807) is 13.8 Å². The van der Waals surface area contributed by atoms with E-state index < -0.39 is 23.5 Å². The topological polar surface area (TPSA) is 108 Å². The lowest BCUT2D eigenvalue weighted by atomic mass is 9.98. The van der Waals surface area contributed by atoms with Crippen LogP contribution in [0.15, 0.2) is 24.3 Å². The molecule has 1 heterocycles. The maximum atomic E-state index is 13.3. The van der Waals surface area contributed by atoms with Gasteiger partial charge in [-0.2, -0.15) is 0 Å². The molecule has 26 heavy (non-hydrogen) atoms. The first kappa shape index (κ1) is 19.3. The van der Waals surface area contributed by atoms with Gasteiger partial charge in [-0.05, 0) is 31.5 Å². The molecule has 0 spiro atoms. The number of nitrogens with one attached hydrogen (secondary N) is 2. The molecule has 0 aliphatic carbocycles. The number of aromatic nitrogens is 1. The van der Waals surface area contributed by atoms with E-state index in [1.165, 1.54) is 24.3 Å². The van der Waals surface area contributed by atoms with Crippen LogP contribution in [0.25, 0.3) is 11.1 Å². The van der Waals surface area contributed by atoms with Crippen LogP contribution in [0, 0.1) is 12.7 Å². The zero-order valence-corrected chi connectivity index (χ0v) is 14.4. The summed E-state index contributed by atoms with van der Waals surface area (Å²) in [5.74, 6) is -2.97. The highest BCUT2D eigenvalue weighted by Gasteiger charge is 2.29. The molecule has 0 radical (unpaired) electrons. The zero-order valence-electron chi connectivity index (χ0n) is 14.4. The Morgan fingerprint density at radius 1 is 1.23 bits per heavy atom. The Morgan fingerprint density at radius 3 is 2.46 bits per heavy atom. The Bertz CT molecular complexity index is 827. The third-order valence-corrected chi connectivity index (χ3v) is 3.63. The van der Waals surface area contributed by atoms with Crippen LogP contribution in [-0.4, -0.2) is 47.5 Å². The Hall–Kier alpha value is -3.00. The Balaban J connectivity index is 2.59. The van der Waals surface area contributed by atoms with Crippen molar-refractivity contribution >= 4 is 17.7 Å². The maximum Gasteiger partial charge on any atom is 0.340 e. The van der Waals surface area contributed by atoms with Gasteiger partial charge in [0.1, 0.15) is 11.5 Å². The highest BCUT2D eigenvalue weighted by atomic mass is 19.1. The molecule has 0 saturated heterocycles. The average Bonchev–Trinajstić information content (AvgIpc) is 2.97. The van der Waals surface area contributed by atoms with Crippen molar-refractivity contribution in [1.82, 2.24) is 10.3 Å². The smallest absolute Gasteiger partial charge is 0.340 e. The molecule has 2 rings (SSSR count). The monoisotopic (exact) mass is 362 g/mol. The van der Waals surface area contributed by atoms with Gasteiger partial charge in [0.15, 0.2) is 0 Å². The van der Waals surface area contributed by atoms with Crippen molar-refractivity contribution in [3.8, 4) is 11.1 Å². The molecule has 0 fully saturated rings. The van der Waals surface area contributed by atoms with Gasteiger partial charge in [0, 0.05) is 17.8 Å². The van der Waals surface area contributed by atoms with Crippen molar-refractivity contribution in [2.45, 2.75) is 13.8 Å². The van der Waals surface area contributed by atoms with Gasteiger partial charge in [-0.25, -0.2) is 9.18 Å². The van der Waals surface area contributed by atoms with Crippen molar-refractivity contribution < 1.29 is 28.6 Å². The first-order valence-electron chi connectivity index (χ1n) is 7.99. The second kappa shape index (κ2) is 8.39. The van der Waals surface area contributed by atoms with Gasteiger partial charge in [-0.1, -0.05) is 12.1 Å². The van der Waals surface area contributed by atoms with E-state index in [0.717, 1.165) is 0 Å². The fraction of sp³-hybridized carbons (Fsp3) is 0.278. The van der Waals surface area contributed by atoms with Crippen molar-refractivity contribution in [3.63, 3.8) is 0 Å². The van der Waals surface area contributed by atoms with Crippen molar-refractivity contribution in [2.75, 3.05) is 19.8 Å². The molecular formula is C18H19FN2O5. The van der Waals surface area contributed by atoms with Crippen LogP contribution in [0.5, 0.6) is 0 Å². The third-order valence-electron chi connectivity index (χ3n) is 3.63. The number of aryl methyl sites for hydroxylation is 1. The number of amides is 1.